The summed E-state index contributed by atoms with van der Waals surface area (Å²) in [5.41, 5.74) is 1.54. The van der Waals surface area contributed by atoms with E-state index in [0.717, 1.165) is 28.6 Å². The Morgan fingerprint density at radius 1 is 0.962 bits per heavy atom. The van der Waals surface area contributed by atoms with E-state index in [1.165, 1.54) is 49.3 Å². The molecule has 136 valence electrons. The lowest BCUT2D eigenvalue weighted by molar-refractivity contribution is -0.0671. The molecule has 2 aromatic rings. The van der Waals surface area contributed by atoms with E-state index in [4.69, 9.17) is 12.2 Å². The van der Waals surface area contributed by atoms with Crippen molar-refractivity contribution >= 4 is 33.8 Å². The van der Waals surface area contributed by atoms with Crippen LogP contribution in [0.1, 0.15) is 45.4 Å². The van der Waals surface area contributed by atoms with Crippen molar-refractivity contribution in [2.45, 2.75) is 51.5 Å². The topological polar surface area (TPSA) is 24.1 Å². The molecule has 4 aliphatic carbocycles. The number of anilines is 1. The van der Waals surface area contributed by atoms with Gasteiger partial charge in [-0.05, 0) is 104 Å². The van der Waals surface area contributed by atoms with E-state index in [1.807, 2.05) is 0 Å². The number of thiocarbonyl (C=S) groups is 1. The molecule has 0 unspecified atom stereocenters. The summed E-state index contributed by atoms with van der Waals surface area (Å²) in [4.78, 5) is 0. The van der Waals surface area contributed by atoms with E-state index in [1.54, 1.807) is 0 Å². The second kappa shape index (κ2) is 6.23. The molecule has 0 amide bonds. The second-order valence-corrected chi connectivity index (χ2v) is 9.57. The van der Waals surface area contributed by atoms with Gasteiger partial charge in [-0.3, -0.25) is 0 Å². The molecule has 6 rings (SSSR count). The van der Waals surface area contributed by atoms with Crippen LogP contribution < -0.4 is 10.6 Å². The molecular weight excluding hydrogens is 336 g/mol. The van der Waals surface area contributed by atoms with Crippen molar-refractivity contribution in [1.82, 2.24) is 5.32 Å². The number of rotatable bonds is 3. The molecular formula is C23H28N2S. The maximum atomic E-state index is 5.67. The van der Waals surface area contributed by atoms with Gasteiger partial charge in [-0.1, -0.05) is 30.3 Å². The Morgan fingerprint density at radius 3 is 2.23 bits per heavy atom. The summed E-state index contributed by atoms with van der Waals surface area (Å²) in [6.07, 6.45) is 8.70. The molecule has 3 heteroatoms. The summed E-state index contributed by atoms with van der Waals surface area (Å²) in [7, 11) is 0. The zero-order valence-corrected chi connectivity index (χ0v) is 16.3. The molecule has 4 aliphatic rings. The third-order valence-corrected chi connectivity index (χ3v) is 7.58. The van der Waals surface area contributed by atoms with Crippen molar-refractivity contribution in [2.24, 2.45) is 23.2 Å². The molecule has 4 saturated carbocycles. The summed E-state index contributed by atoms with van der Waals surface area (Å²) < 4.78 is 0. The van der Waals surface area contributed by atoms with Crippen molar-refractivity contribution in [2.75, 3.05) is 5.32 Å². The average Bonchev–Trinajstić information content (AvgIpc) is 2.60. The van der Waals surface area contributed by atoms with Gasteiger partial charge in [0, 0.05) is 11.7 Å². The Kier molecular flexibility index (Phi) is 3.97. The highest BCUT2D eigenvalue weighted by Crippen LogP contribution is 2.61. The summed E-state index contributed by atoms with van der Waals surface area (Å²) in [6, 6.07) is 15.4. The molecule has 1 atom stereocenters. The Labute approximate surface area is 161 Å². The lowest BCUT2D eigenvalue weighted by atomic mass is 9.48. The number of hydrogen-bond donors (Lipinski definition) is 2. The van der Waals surface area contributed by atoms with Crippen LogP contribution in [0.25, 0.3) is 10.8 Å². The second-order valence-electron chi connectivity index (χ2n) is 9.16. The number of benzene rings is 2. The first kappa shape index (κ1) is 16.6. The van der Waals surface area contributed by atoms with Crippen LogP contribution in [0.15, 0.2) is 42.5 Å². The summed E-state index contributed by atoms with van der Waals surface area (Å²) >= 11 is 5.67. The van der Waals surface area contributed by atoms with Crippen LogP contribution in [0.2, 0.25) is 0 Å². The largest absolute Gasteiger partial charge is 0.359 e. The normalized spacial score (nSPS) is 33.2. The standard InChI is InChI=1S/C23H28N2S/c1-15(23-12-16-8-17(13-23)10-18(9-16)14-23)24-22(26)25-21-7-6-19-4-2-3-5-20(19)11-21/h2-7,11,15-18H,8-10,12-14H2,1H3,(H2,24,25,26)/t15-,16?,17?,18?,23?/m1/s1. The first-order chi connectivity index (χ1) is 12.6. The lowest BCUT2D eigenvalue weighted by Gasteiger charge is -2.59. The van der Waals surface area contributed by atoms with Gasteiger partial charge in [0.2, 0.25) is 0 Å². The highest BCUT2D eigenvalue weighted by atomic mass is 32.1. The molecule has 0 heterocycles. The van der Waals surface area contributed by atoms with Gasteiger partial charge < -0.3 is 10.6 Å². The smallest absolute Gasteiger partial charge is 0.171 e. The lowest BCUT2D eigenvalue weighted by Crippen LogP contribution is -2.56. The fourth-order valence-electron chi connectivity index (χ4n) is 6.49. The minimum absolute atomic E-state index is 0.455. The van der Waals surface area contributed by atoms with Gasteiger partial charge in [-0.2, -0.15) is 0 Å². The monoisotopic (exact) mass is 364 g/mol. The van der Waals surface area contributed by atoms with Gasteiger partial charge in [-0.15, -0.1) is 0 Å². The number of nitrogens with one attached hydrogen (secondary N) is 2. The molecule has 0 saturated heterocycles. The van der Waals surface area contributed by atoms with Gasteiger partial charge in [0.1, 0.15) is 0 Å². The molecule has 4 fully saturated rings. The van der Waals surface area contributed by atoms with Crippen molar-refractivity contribution in [3.05, 3.63) is 42.5 Å². The van der Waals surface area contributed by atoms with Gasteiger partial charge in [0.15, 0.2) is 5.11 Å². The summed E-state index contributed by atoms with van der Waals surface area (Å²) in [5, 5.41) is 10.3. The van der Waals surface area contributed by atoms with Crippen molar-refractivity contribution in [3.8, 4) is 0 Å². The zero-order valence-electron chi connectivity index (χ0n) is 15.5. The molecule has 26 heavy (non-hydrogen) atoms. The Hall–Kier alpha value is -1.61. The van der Waals surface area contributed by atoms with Gasteiger partial charge in [-0.25, -0.2) is 0 Å². The van der Waals surface area contributed by atoms with Crippen LogP contribution in [-0.2, 0) is 0 Å². The first-order valence-corrected chi connectivity index (χ1v) is 10.6. The van der Waals surface area contributed by atoms with E-state index in [9.17, 15) is 0 Å². The summed E-state index contributed by atoms with van der Waals surface area (Å²) in [6.45, 7) is 2.36. The highest BCUT2D eigenvalue weighted by molar-refractivity contribution is 7.80. The van der Waals surface area contributed by atoms with Gasteiger partial charge in [0.25, 0.3) is 0 Å². The van der Waals surface area contributed by atoms with Crippen LogP contribution in [0.4, 0.5) is 5.69 Å². The summed E-state index contributed by atoms with van der Waals surface area (Å²) in [5.74, 6) is 2.94. The van der Waals surface area contributed by atoms with Crippen LogP contribution in [0.3, 0.4) is 0 Å². The van der Waals surface area contributed by atoms with Crippen molar-refractivity contribution in [1.29, 1.82) is 0 Å². The Bertz CT molecular complexity index is 808. The Balaban J connectivity index is 1.27. The SMILES string of the molecule is C[C@@H](NC(=S)Nc1ccc2ccccc2c1)C12CC3CC(CC(C3)C1)C2. The fourth-order valence-corrected chi connectivity index (χ4v) is 6.79. The molecule has 0 spiro atoms. The maximum Gasteiger partial charge on any atom is 0.171 e. The minimum Gasteiger partial charge on any atom is -0.359 e. The fraction of sp³-hybridized carbons (Fsp3) is 0.522. The third-order valence-electron chi connectivity index (χ3n) is 7.36. The van der Waals surface area contributed by atoms with Crippen molar-refractivity contribution < 1.29 is 0 Å². The van der Waals surface area contributed by atoms with Crippen LogP contribution in [0.5, 0.6) is 0 Å². The molecule has 2 nitrogen and oxygen atoms in total. The quantitative estimate of drug-likeness (QED) is 0.680. The average molecular weight is 365 g/mol. The molecule has 0 aromatic heterocycles. The predicted octanol–water partition coefficient (Wildman–Crippen LogP) is 5.73. The third kappa shape index (κ3) is 2.90. The van der Waals surface area contributed by atoms with Crippen LogP contribution in [-0.4, -0.2) is 11.2 Å². The number of hydrogen-bond acceptors (Lipinski definition) is 1. The Morgan fingerprint density at radius 2 is 1.58 bits per heavy atom. The van der Waals surface area contributed by atoms with Crippen LogP contribution >= 0.6 is 12.2 Å². The molecule has 0 radical (unpaired) electrons. The van der Waals surface area contributed by atoms with E-state index in [0.29, 0.717) is 11.5 Å². The first-order valence-electron chi connectivity index (χ1n) is 10.2. The van der Waals surface area contributed by atoms with Crippen LogP contribution in [0, 0.1) is 23.2 Å². The number of fused-ring (bicyclic) bond motifs is 1. The van der Waals surface area contributed by atoms with E-state index >= 15 is 0 Å². The molecule has 0 aliphatic heterocycles. The highest BCUT2D eigenvalue weighted by Gasteiger charge is 2.53. The van der Waals surface area contributed by atoms with Crippen molar-refractivity contribution in [3.63, 3.8) is 0 Å². The van der Waals surface area contributed by atoms with Gasteiger partial charge >= 0.3 is 0 Å². The molecule has 2 N–H and O–H groups in total. The molecule has 4 bridgehead atoms. The van der Waals surface area contributed by atoms with E-state index < -0.39 is 0 Å². The van der Waals surface area contributed by atoms with Gasteiger partial charge in [0.05, 0.1) is 0 Å². The van der Waals surface area contributed by atoms with E-state index in [-0.39, 0.29) is 0 Å². The predicted molar refractivity (Wildman–Crippen MR) is 113 cm³/mol. The molecule has 2 aromatic carbocycles. The minimum atomic E-state index is 0.455. The van der Waals surface area contributed by atoms with E-state index in [2.05, 4.69) is 60.0 Å². The maximum absolute atomic E-state index is 5.67. The zero-order chi connectivity index (χ0) is 17.7.